The molecule has 1 heterocycles. The van der Waals surface area contributed by atoms with Gasteiger partial charge in [0.25, 0.3) is 0 Å². The van der Waals surface area contributed by atoms with Crippen molar-refractivity contribution < 1.29 is 9.47 Å². The van der Waals surface area contributed by atoms with Crippen molar-refractivity contribution in [1.82, 2.24) is 5.32 Å². The first-order valence-electron chi connectivity index (χ1n) is 7.20. The van der Waals surface area contributed by atoms with E-state index in [0.717, 1.165) is 6.54 Å². The first-order chi connectivity index (χ1) is 9.16. The van der Waals surface area contributed by atoms with Crippen molar-refractivity contribution >= 4 is 11.3 Å². The predicted octanol–water partition coefficient (Wildman–Crippen LogP) is 3.97. The van der Waals surface area contributed by atoms with E-state index in [1.54, 1.807) is 0 Å². The summed E-state index contributed by atoms with van der Waals surface area (Å²) in [5.41, 5.74) is 0.0725. The highest BCUT2D eigenvalue weighted by atomic mass is 32.1. The molecule has 0 aliphatic heterocycles. The van der Waals surface area contributed by atoms with E-state index in [1.165, 1.54) is 9.75 Å². The lowest BCUT2D eigenvalue weighted by Crippen LogP contribution is -2.34. The lowest BCUT2D eigenvalue weighted by molar-refractivity contribution is -0.0373. The lowest BCUT2D eigenvalue weighted by atomic mass is 10.1. The highest BCUT2D eigenvalue weighted by Crippen LogP contribution is 2.18. The van der Waals surface area contributed by atoms with Crippen molar-refractivity contribution in [1.29, 1.82) is 0 Å². The van der Waals surface area contributed by atoms with Crippen LogP contribution in [0.25, 0.3) is 0 Å². The molecule has 0 aliphatic rings. The standard InChI is InChI=1S/C16H29NO2S/c1-15(2,3)17-11-13-7-8-14(20-13)12-18-9-10-19-16(4,5)6/h7-8,17H,9-12H2,1-6H3. The number of rotatable bonds is 7. The monoisotopic (exact) mass is 299 g/mol. The zero-order valence-electron chi connectivity index (χ0n) is 13.7. The Balaban J connectivity index is 2.20. The molecule has 0 radical (unpaired) electrons. The summed E-state index contributed by atoms with van der Waals surface area (Å²) in [6, 6.07) is 4.32. The Morgan fingerprint density at radius 3 is 2.25 bits per heavy atom. The molecule has 0 saturated heterocycles. The van der Waals surface area contributed by atoms with Crippen LogP contribution < -0.4 is 5.32 Å². The molecule has 3 nitrogen and oxygen atoms in total. The van der Waals surface area contributed by atoms with Crippen LogP contribution in [0.3, 0.4) is 0 Å². The molecule has 20 heavy (non-hydrogen) atoms. The molecule has 1 aromatic rings. The Morgan fingerprint density at radius 1 is 1.00 bits per heavy atom. The van der Waals surface area contributed by atoms with Crippen LogP contribution in [0.1, 0.15) is 51.3 Å². The second kappa shape index (κ2) is 7.55. The summed E-state index contributed by atoms with van der Waals surface area (Å²) >= 11 is 1.81. The largest absolute Gasteiger partial charge is 0.374 e. The molecule has 116 valence electrons. The Morgan fingerprint density at radius 2 is 1.65 bits per heavy atom. The van der Waals surface area contributed by atoms with E-state index >= 15 is 0 Å². The number of hydrogen-bond donors (Lipinski definition) is 1. The van der Waals surface area contributed by atoms with E-state index in [2.05, 4.69) is 59.0 Å². The molecule has 0 spiro atoms. The lowest BCUT2D eigenvalue weighted by Gasteiger charge is -2.19. The van der Waals surface area contributed by atoms with Crippen LogP contribution in [-0.2, 0) is 22.6 Å². The van der Waals surface area contributed by atoms with E-state index in [0.29, 0.717) is 19.8 Å². The fourth-order valence-corrected chi connectivity index (χ4v) is 2.42. The van der Waals surface area contributed by atoms with Crippen molar-refractivity contribution in [2.24, 2.45) is 0 Å². The van der Waals surface area contributed by atoms with Gasteiger partial charge in [0.1, 0.15) is 0 Å². The minimum atomic E-state index is -0.0852. The van der Waals surface area contributed by atoms with Crippen LogP contribution >= 0.6 is 11.3 Å². The maximum Gasteiger partial charge on any atom is 0.0810 e. The van der Waals surface area contributed by atoms with Crippen LogP contribution in [-0.4, -0.2) is 24.4 Å². The maximum absolute atomic E-state index is 5.64. The van der Waals surface area contributed by atoms with E-state index in [-0.39, 0.29) is 11.1 Å². The van der Waals surface area contributed by atoms with Gasteiger partial charge in [-0.3, -0.25) is 0 Å². The van der Waals surface area contributed by atoms with Gasteiger partial charge in [0.2, 0.25) is 0 Å². The highest BCUT2D eigenvalue weighted by Gasteiger charge is 2.10. The zero-order valence-corrected chi connectivity index (χ0v) is 14.5. The van der Waals surface area contributed by atoms with Crippen LogP contribution in [0.4, 0.5) is 0 Å². The molecule has 0 amide bonds. The fourth-order valence-electron chi connectivity index (χ4n) is 1.53. The van der Waals surface area contributed by atoms with Gasteiger partial charge >= 0.3 is 0 Å². The molecule has 0 unspecified atom stereocenters. The van der Waals surface area contributed by atoms with Gasteiger partial charge in [-0.25, -0.2) is 0 Å². The number of thiophene rings is 1. The normalized spacial score (nSPS) is 12.9. The third-order valence-electron chi connectivity index (χ3n) is 2.52. The quantitative estimate of drug-likeness (QED) is 0.773. The van der Waals surface area contributed by atoms with Crippen LogP contribution in [0.15, 0.2) is 12.1 Å². The summed E-state index contributed by atoms with van der Waals surface area (Å²) in [7, 11) is 0. The van der Waals surface area contributed by atoms with Gasteiger partial charge in [0.05, 0.1) is 25.4 Å². The van der Waals surface area contributed by atoms with Gasteiger partial charge in [-0.2, -0.15) is 0 Å². The second-order valence-electron chi connectivity index (χ2n) is 6.98. The van der Waals surface area contributed by atoms with Crippen molar-refractivity contribution in [3.63, 3.8) is 0 Å². The molecule has 1 rings (SSSR count). The summed E-state index contributed by atoms with van der Waals surface area (Å²) < 4.78 is 11.3. The number of nitrogens with one attached hydrogen (secondary N) is 1. The second-order valence-corrected chi connectivity index (χ2v) is 8.24. The van der Waals surface area contributed by atoms with Gasteiger partial charge in [0.15, 0.2) is 0 Å². The minimum absolute atomic E-state index is 0.0852. The predicted molar refractivity (Wildman–Crippen MR) is 86.3 cm³/mol. The summed E-state index contributed by atoms with van der Waals surface area (Å²) in [6.07, 6.45) is 0. The molecular weight excluding hydrogens is 270 g/mol. The molecule has 1 N–H and O–H groups in total. The number of ether oxygens (including phenoxy) is 2. The smallest absolute Gasteiger partial charge is 0.0810 e. The zero-order chi connectivity index (χ0) is 15.2. The van der Waals surface area contributed by atoms with Gasteiger partial charge in [-0.05, 0) is 53.7 Å². The Bertz CT molecular complexity index is 388. The first-order valence-corrected chi connectivity index (χ1v) is 8.02. The van der Waals surface area contributed by atoms with Crippen molar-refractivity contribution in [3.05, 3.63) is 21.9 Å². The third kappa shape index (κ3) is 8.69. The topological polar surface area (TPSA) is 30.5 Å². The molecule has 4 heteroatoms. The Labute approximate surface area is 127 Å². The van der Waals surface area contributed by atoms with E-state index < -0.39 is 0 Å². The fraction of sp³-hybridized carbons (Fsp3) is 0.750. The summed E-state index contributed by atoms with van der Waals surface area (Å²) in [6.45, 7) is 15.6. The van der Waals surface area contributed by atoms with Gasteiger partial charge in [-0.1, -0.05) is 0 Å². The van der Waals surface area contributed by atoms with E-state index in [4.69, 9.17) is 9.47 Å². The van der Waals surface area contributed by atoms with Crippen molar-refractivity contribution in [2.45, 2.75) is 65.8 Å². The molecule has 0 fully saturated rings. The summed E-state index contributed by atoms with van der Waals surface area (Å²) in [5.74, 6) is 0. The Kier molecular flexibility index (Phi) is 6.65. The third-order valence-corrected chi connectivity index (χ3v) is 3.58. The molecule has 0 bridgehead atoms. The average molecular weight is 299 g/mol. The molecule has 0 aliphatic carbocycles. The highest BCUT2D eigenvalue weighted by molar-refractivity contribution is 7.11. The van der Waals surface area contributed by atoms with Crippen molar-refractivity contribution in [2.75, 3.05) is 13.2 Å². The van der Waals surface area contributed by atoms with E-state index in [1.807, 2.05) is 11.3 Å². The average Bonchev–Trinajstić information content (AvgIpc) is 2.71. The summed E-state index contributed by atoms with van der Waals surface area (Å²) in [5, 5.41) is 3.49. The molecule has 1 aromatic heterocycles. The number of hydrogen-bond acceptors (Lipinski definition) is 4. The van der Waals surface area contributed by atoms with Crippen molar-refractivity contribution in [3.8, 4) is 0 Å². The van der Waals surface area contributed by atoms with Crippen LogP contribution in [0, 0.1) is 0 Å². The first kappa shape index (κ1) is 17.6. The molecule has 0 atom stereocenters. The van der Waals surface area contributed by atoms with Gasteiger partial charge in [0, 0.05) is 21.8 Å². The summed E-state index contributed by atoms with van der Waals surface area (Å²) in [4.78, 5) is 2.62. The van der Waals surface area contributed by atoms with Crippen LogP contribution in [0.2, 0.25) is 0 Å². The van der Waals surface area contributed by atoms with Gasteiger partial charge in [-0.15, -0.1) is 11.3 Å². The molecular formula is C16H29NO2S. The molecule has 0 saturated carbocycles. The van der Waals surface area contributed by atoms with Crippen LogP contribution in [0.5, 0.6) is 0 Å². The minimum Gasteiger partial charge on any atom is -0.374 e. The Hall–Kier alpha value is -0.420. The van der Waals surface area contributed by atoms with Gasteiger partial charge < -0.3 is 14.8 Å². The SMILES string of the molecule is CC(C)(C)NCc1ccc(COCCOC(C)(C)C)s1. The van der Waals surface area contributed by atoms with E-state index in [9.17, 15) is 0 Å². The molecule has 0 aromatic carbocycles. The maximum atomic E-state index is 5.64.